The molecule has 2 aliphatic rings. The monoisotopic (exact) mass is 237 g/mol. The van der Waals surface area contributed by atoms with E-state index in [0.717, 1.165) is 32.5 Å². The molecule has 17 heavy (non-hydrogen) atoms. The van der Waals surface area contributed by atoms with Crippen LogP contribution < -0.4 is 0 Å². The number of carbonyl (C=O) groups is 1. The number of Topliss-reactive ketones (excluding diaryl/α,β-unsaturated/α-hetero) is 1. The second-order valence-electron chi connectivity index (χ2n) is 6.12. The highest BCUT2D eigenvalue weighted by Crippen LogP contribution is 2.37. The highest BCUT2D eigenvalue weighted by Gasteiger charge is 2.36. The van der Waals surface area contributed by atoms with Gasteiger partial charge in [0.05, 0.1) is 6.54 Å². The number of nitrogens with zero attached hydrogens (tertiary/aromatic N) is 1. The van der Waals surface area contributed by atoms with E-state index in [-0.39, 0.29) is 0 Å². The highest BCUT2D eigenvalue weighted by atomic mass is 16.1. The van der Waals surface area contributed by atoms with Crippen molar-refractivity contribution in [2.75, 3.05) is 19.6 Å². The van der Waals surface area contributed by atoms with Crippen molar-refractivity contribution in [3.63, 3.8) is 0 Å². The maximum absolute atomic E-state index is 12.1. The van der Waals surface area contributed by atoms with Crippen molar-refractivity contribution in [1.29, 1.82) is 0 Å². The summed E-state index contributed by atoms with van der Waals surface area (Å²) < 4.78 is 0. The van der Waals surface area contributed by atoms with Crippen LogP contribution in [-0.4, -0.2) is 30.3 Å². The maximum Gasteiger partial charge on any atom is 0.149 e. The van der Waals surface area contributed by atoms with Crippen LogP contribution in [0.5, 0.6) is 0 Å². The van der Waals surface area contributed by atoms with Gasteiger partial charge in [-0.3, -0.25) is 9.69 Å². The summed E-state index contributed by atoms with van der Waals surface area (Å²) >= 11 is 0. The predicted octanol–water partition coefficient (Wildman–Crippen LogP) is 3.26. The molecule has 98 valence electrons. The third kappa shape index (κ3) is 2.90. The first-order chi connectivity index (χ1) is 8.19. The topological polar surface area (TPSA) is 20.3 Å². The lowest BCUT2D eigenvalue weighted by atomic mass is 9.82. The molecule has 1 saturated carbocycles. The molecular weight excluding hydrogens is 210 g/mol. The van der Waals surface area contributed by atoms with Crippen molar-refractivity contribution >= 4 is 5.78 Å². The van der Waals surface area contributed by atoms with Crippen LogP contribution in [0.1, 0.15) is 58.8 Å². The molecule has 2 rings (SSSR count). The van der Waals surface area contributed by atoms with Gasteiger partial charge in [-0.2, -0.15) is 0 Å². The van der Waals surface area contributed by atoms with Crippen LogP contribution in [0.15, 0.2) is 0 Å². The van der Waals surface area contributed by atoms with Crippen LogP contribution in [0.2, 0.25) is 0 Å². The smallest absolute Gasteiger partial charge is 0.149 e. The Hall–Kier alpha value is -0.370. The molecule has 0 atom stereocenters. The minimum Gasteiger partial charge on any atom is -0.298 e. The summed E-state index contributed by atoms with van der Waals surface area (Å²) in [5.41, 5.74) is 0.510. The van der Waals surface area contributed by atoms with Crippen molar-refractivity contribution in [3.05, 3.63) is 0 Å². The minimum absolute atomic E-state index is 0.397. The second-order valence-corrected chi connectivity index (χ2v) is 6.12. The fraction of sp³-hybridized carbons (Fsp3) is 0.933. The van der Waals surface area contributed by atoms with E-state index < -0.39 is 0 Å². The molecule has 2 fully saturated rings. The Labute approximate surface area is 106 Å². The lowest BCUT2D eigenvalue weighted by Gasteiger charge is -2.26. The molecule has 0 spiro atoms. The molecule has 0 aromatic heterocycles. The minimum atomic E-state index is 0.397. The summed E-state index contributed by atoms with van der Waals surface area (Å²) in [6, 6.07) is 0. The van der Waals surface area contributed by atoms with Gasteiger partial charge in [0.2, 0.25) is 0 Å². The molecule has 1 aliphatic heterocycles. The fourth-order valence-corrected chi connectivity index (χ4v) is 3.59. The summed E-state index contributed by atoms with van der Waals surface area (Å²) in [6.07, 6.45) is 8.65. The number of rotatable bonds is 5. The molecule has 2 heteroatoms. The van der Waals surface area contributed by atoms with Crippen molar-refractivity contribution in [2.45, 2.75) is 58.8 Å². The second kappa shape index (κ2) is 5.51. The van der Waals surface area contributed by atoms with E-state index in [9.17, 15) is 4.79 Å². The SMILES string of the molecule is CCC1(CC)CCN(CC(=O)C2CCCC2)C1. The van der Waals surface area contributed by atoms with Gasteiger partial charge >= 0.3 is 0 Å². The normalized spacial score (nSPS) is 25.5. The Bertz CT molecular complexity index is 264. The van der Waals surface area contributed by atoms with Crippen molar-refractivity contribution in [1.82, 2.24) is 4.90 Å². The number of ketones is 1. The third-order valence-electron chi connectivity index (χ3n) is 5.21. The Morgan fingerprint density at radius 3 is 2.41 bits per heavy atom. The van der Waals surface area contributed by atoms with Gasteiger partial charge in [-0.05, 0) is 44.1 Å². The zero-order valence-electron chi connectivity index (χ0n) is 11.5. The molecule has 0 aromatic rings. The van der Waals surface area contributed by atoms with E-state index in [1.54, 1.807) is 0 Å². The summed E-state index contributed by atoms with van der Waals surface area (Å²) in [7, 11) is 0. The van der Waals surface area contributed by atoms with E-state index >= 15 is 0 Å². The zero-order valence-corrected chi connectivity index (χ0v) is 11.5. The number of likely N-dealkylation sites (tertiary alicyclic amines) is 1. The van der Waals surface area contributed by atoms with Gasteiger partial charge in [-0.15, -0.1) is 0 Å². The van der Waals surface area contributed by atoms with Gasteiger partial charge in [-0.1, -0.05) is 26.7 Å². The van der Waals surface area contributed by atoms with Crippen molar-refractivity contribution < 1.29 is 4.79 Å². The van der Waals surface area contributed by atoms with Crippen molar-refractivity contribution in [3.8, 4) is 0 Å². The molecular formula is C15H27NO. The summed E-state index contributed by atoms with van der Waals surface area (Å²) in [5.74, 6) is 0.916. The van der Waals surface area contributed by atoms with Gasteiger partial charge in [0.15, 0.2) is 0 Å². The Balaban J connectivity index is 1.82. The Kier molecular flexibility index (Phi) is 4.24. The number of hydrogen-bond acceptors (Lipinski definition) is 2. The van der Waals surface area contributed by atoms with Crippen LogP contribution in [0.3, 0.4) is 0 Å². The molecule has 0 unspecified atom stereocenters. The maximum atomic E-state index is 12.1. The lowest BCUT2D eigenvalue weighted by molar-refractivity contribution is -0.123. The average Bonchev–Trinajstić information content (AvgIpc) is 2.98. The van der Waals surface area contributed by atoms with Gasteiger partial charge in [0.1, 0.15) is 5.78 Å². The van der Waals surface area contributed by atoms with Crippen LogP contribution in [-0.2, 0) is 4.79 Å². The summed E-state index contributed by atoms with van der Waals surface area (Å²) in [4.78, 5) is 14.6. The molecule has 2 nitrogen and oxygen atoms in total. The first-order valence-corrected chi connectivity index (χ1v) is 7.44. The summed E-state index contributed by atoms with van der Waals surface area (Å²) in [5, 5.41) is 0. The van der Waals surface area contributed by atoms with Gasteiger partial charge in [-0.25, -0.2) is 0 Å². The molecule has 1 aliphatic carbocycles. The molecule has 0 radical (unpaired) electrons. The van der Waals surface area contributed by atoms with E-state index in [1.807, 2.05) is 0 Å². The molecule has 1 heterocycles. The standard InChI is InChI=1S/C15H27NO/c1-3-15(4-2)9-10-16(12-15)11-14(17)13-7-5-6-8-13/h13H,3-12H2,1-2H3. The van der Waals surface area contributed by atoms with E-state index in [1.165, 1.54) is 32.1 Å². The third-order valence-corrected chi connectivity index (χ3v) is 5.21. The highest BCUT2D eigenvalue weighted by molar-refractivity contribution is 5.83. The van der Waals surface area contributed by atoms with Gasteiger partial charge in [0, 0.05) is 12.5 Å². The molecule has 0 N–H and O–H groups in total. The quantitative estimate of drug-likeness (QED) is 0.731. The summed E-state index contributed by atoms with van der Waals surface area (Å²) in [6.45, 7) is 7.61. The molecule has 0 aromatic carbocycles. The van der Waals surface area contributed by atoms with E-state index in [2.05, 4.69) is 18.7 Å². The van der Waals surface area contributed by atoms with Crippen LogP contribution >= 0.6 is 0 Å². The van der Waals surface area contributed by atoms with Crippen LogP contribution in [0.4, 0.5) is 0 Å². The first-order valence-electron chi connectivity index (χ1n) is 7.44. The van der Waals surface area contributed by atoms with Gasteiger partial charge in [0.25, 0.3) is 0 Å². The van der Waals surface area contributed by atoms with Crippen molar-refractivity contribution in [2.24, 2.45) is 11.3 Å². The zero-order chi connectivity index (χ0) is 12.3. The Morgan fingerprint density at radius 1 is 1.24 bits per heavy atom. The Morgan fingerprint density at radius 2 is 1.88 bits per heavy atom. The van der Waals surface area contributed by atoms with E-state index in [4.69, 9.17) is 0 Å². The first kappa shape index (κ1) is 13.1. The predicted molar refractivity (Wildman–Crippen MR) is 71.0 cm³/mol. The molecule has 0 bridgehead atoms. The molecule has 1 saturated heterocycles. The molecule has 0 amide bonds. The largest absolute Gasteiger partial charge is 0.298 e. The number of hydrogen-bond donors (Lipinski definition) is 0. The van der Waals surface area contributed by atoms with Crippen LogP contribution in [0.25, 0.3) is 0 Å². The lowest BCUT2D eigenvalue weighted by Crippen LogP contribution is -2.33. The fourth-order valence-electron chi connectivity index (χ4n) is 3.59. The average molecular weight is 237 g/mol. The number of carbonyl (C=O) groups excluding carboxylic acids is 1. The van der Waals surface area contributed by atoms with E-state index in [0.29, 0.717) is 17.1 Å². The van der Waals surface area contributed by atoms with Gasteiger partial charge < -0.3 is 0 Å². The van der Waals surface area contributed by atoms with Crippen LogP contribution in [0, 0.1) is 11.3 Å².